The third-order valence-electron chi connectivity index (χ3n) is 11.4. The molecule has 0 amide bonds. The van der Waals surface area contributed by atoms with Gasteiger partial charge in [0.05, 0.1) is 28.3 Å². The summed E-state index contributed by atoms with van der Waals surface area (Å²) in [5.74, 6) is 0.998. The van der Waals surface area contributed by atoms with E-state index in [0.29, 0.717) is 23.3 Å². The smallest absolute Gasteiger partial charge is 0.258 e. The van der Waals surface area contributed by atoms with Crippen molar-refractivity contribution >= 4 is 11.8 Å². The van der Waals surface area contributed by atoms with Gasteiger partial charge in [-0.05, 0) is 63.5 Å². The van der Waals surface area contributed by atoms with Crippen LogP contribution in [0.1, 0.15) is 113 Å². The number of fused-ring (bicyclic) bond motifs is 7. The molecule has 0 radical (unpaired) electrons. The lowest BCUT2D eigenvalue weighted by atomic mass is 9.65. The third kappa shape index (κ3) is 5.40. The summed E-state index contributed by atoms with van der Waals surface area (Å²) in [6, 6.07) is 16.8. The zero-order valence-electron chi connectivity index (χ0n) is 28.7. The number of aromatic amines is 1. The van der Waals surface area contributed by atoms with Crippen LogP contribution >= 0.6 is 11.8 Å². The van der Waals surface area contributed by atoms with Gasteiger partial charge in [-0.15, -0.1) is 0 Å². The normalized spacial score (nSPS) is 21.8. The minimum absolute atomic E-state index is 0.0234. The summed E-state index contributed by atoms with van der Waals surface area (Å²) in [6.07, 6.45) is 9.96. The molecule has 1 aliphatic heterocycles. The Kier molecular flexibility index (Phi) is 7.83. The molecule has 3 aliphatic carbocycles. The number of nitrogens with zero attached hydrogens (tertiary/aromatic N) is 3. The summed E-state index contributed by atoms with van der Waals surface area (Å²) in [7, 11) is 0. The molecule has 4 aliphatic rings. The highest BCUT2D eigenvalue weighted by molar-refractivity contribution is 7.98. The highest BCUT2D eigenvalue weighted by atomic mass is 32.2. The van der Waals surface area contributed by atoms with Crippen molar-refractivity contribution in [3.63, 3.8) is 0 Å². The zero-order chi connectivity index (χ0) is 33.3. The maximum Gasteiger partial charge on any atom is 0.258 e. The zero-order valence-corrected chi connectivity index (χ0v) is 29.5. The van der Waals surface area contributed by atoms with E-state index in [1.165, 1.54) is 35.7 Å². The predicted octanol–water partition coefficient (Wildman–Crippen LogP) is 8.06. The van der Waals surface area contributed by atoms with E-state index in [0.717, 1.165) is 85.0 Å². The molecule has 8 heteroatoms. The van der Waals surface area contributed by atoms with Crippen LogP contribution in [-0.2, 0) is 34.2 Å². The highest BCUT2D eigenvalue weighted by Crippen LogP contribution is 2.49. The Bertz CT molecular complexity index is 2020. The first-order chi connectivity index (χ1) is 23.1. The molecule has 1 unspecified atom stereocenters. The van der Waals surface area contributed by atoms with Crippen molar-refractivity contribution in [2.45, 2.75) is 125 Å². The Morgan fingerprint density at radius 1 is 0.854 bits per heavy atom. The van der Waals surface area contributed by atoms with Gasteiger partial charge in [0, 0.05) is 40.2 Å². The van der Waals surface area contributed by atoms with Gasteiger partial charge in [-0.3, -0.25) is 14.2 Å². The van der Waals surface area contributed by atoms with E-state index in [-0.39, 0.29) is 33.6 Å². The average molecular weight is 663 g/mol. The van der Waals surface area contributed by atoms with E-state index in [4.69, 9.17) is 14.7 Å². The number of benzene rings is 2. The van der Waals surface area contributed by atoms with Crippen LogP contribution < -0.4 is 11.1 Å². The molecule has 1 N–H and O–H groups in total. The molecule has 2 fully saturated rings. The lowest BCUT2D eigenvalue weighted by molar-refractivity contribution is -0.0710. The second-order valence-corrected chi connectivity index (χ2v) is 16.8. The van der Waals surface area contributed by atoms with E-state index in [1.54, 1.807) is 0 Å². The number of rotatable bonds is 4. The molecular formula is C40H46N4O3S. The van der Waals surface area contributed by atoms with Crippen molar-refractivity contribution in [2.75, 3.05) is 6.61 Å². The van der Waals surface area contributed by atoms with Crippen LogP contribution in [0.25, 0.3) is 22.5 Å². The highest BCUT2D eigenvalue weighted by Gasteiger charge is 2.44. The fourth-order valence-electron chi connectivity index (χ4n) is 9.24. The van der Waals surface area contributed by atoms with Crippen LogP contribution in [0.4, 0.5) is 0 Å². The van der Waals surface area contributed by atoms with Gasteiger partial charge in [0.2, 0.25) is 0 Å². The maximum absolute atomic E-state index is 15.2. The summed E-state index contributed by atoms with van der Waals surface area (Å²) >= 11 is 1.51. The van der Waals surface area contributed by atoms with Crippen LogP contribution in [0, 0.1) is 0 Å². The molecule has 1 spiro atoms. The molecule has 3 heterocycles. The first kappa shape index (κ1) is 31.8. The minimum atomic E-state index is -0.335. The van der Waals surface area contributed by atoms with Crippen LogP contribution in [0.3, 0.4) is 0 Å². The largest absolute Gasteiger partial charge is 0.375 e. The number of thioether (sulfide) groups is 1. The van der Waals surface area contributed by atoms with Crippen molar-refractivity contribution in [1.82, 2.24) is 19.5 Å². The fourth-order valence-corrected chi connectivity index (χ4v) is 10.2. The Morgan fingerprint density at radius 2 is 1.50 bits per heavy atom. The summed E-state index contributed by atoms with van der Waals surface area (Å²) in [6.45, 7) is 9.09. The third-order valence-corrected chi connectivity index (χ3v) is 12.4. The van der Waals surface area contributed by atoms with Crippen LogP contribution in [0.2, 0.25) is 0 Å². The van der Waals surface area contributed by atoms with Gasteiger partial charge >= 0.3 is 0 Å². The molecular weight excluding hydrogens is 617 g/mol. The summed E-state index contributed by atoms with van der Waals surface area (Å²) in [5, 5.41) is 0.697. The van der Waals surface area contributed by atoms with Crippen molar-refractivity contribution in [3.8, 4) is 22.5 Å². The summed E-state index contributed by atoms with van der Waals surface area (Å²) < 4.78 is 8.15. The standard InChI is InChI=1S/C40H46N4O3S/c1-38(2)21-25-13-7-9-15-28(25)33-31(38)35(45)42-30(41-33)24-48-37-43-34-29-16-10-8-14-26(29)22-40(18-11-5-6-12-19-40)32(34)36(46)44(37)27-17-20-47-39(3,4)23-27/h7-10,13-16,27H,5-6,11-12,17-24H2,1-4H3,(H,41,42,45). The van der Waals surface area contributed by atoms with Crippen LogP contribution in [-0.4, -0.2) is 31.7 Å². The molecule has 1 atom stereocenters. The molecule has 8 rings (SSSR count). The van der Waals surface area contributed by atoms with Gasteiger partial charge in [0.25, 0.3) is 11.1 Å². The molecule has 2 aromatic heterocycles. The fraction of sp³-hybridized carbons (Fsp3) is 0.500. The van der Waals surface area contributed by atoms with Crippen molar-refractivity contribution in [3.05, 3.63) is 97.3 Å². The molecule has 1 saturated carbocycles. The van der Waals surface area contributed by atoms with Crippen LogP contribution in [0.5, 0.6) is 0 Å². The first-order valence-corrected chi connectivity index (χ1v) is 18.8. The molecule has 4 aromatic rings. The minimum Gasteiger partial charge on any atom is -0.375 e. The molecule has 48 heavy (non-hydrogen) atoms. The van der Waals surface area contributed by atoms with Gasteiger partial charge in [-0.1, -0.05) is 99.8 Å². The number of hydrogen-bond acceptors (Lipinski definition) is 6. The molecule has 250 valence electrons. The summed E-state index contributed by atoms with van der Waals surface area (Å²) in [4.78, 5) is 42.6. The lowest BCUT2D eigenvalue weighted by Gasteiger charge is -2.41. The van der Waals surface area contributed by atoms with E-state index in [1.807, 2.05) is 10.6 Å². The second kappa shape index (κ2) is 11.8. The average Bonchev–Trinajstić information content (AvgIpc) is 3.28. The Hall–Kier alpha value is -3.49. The maximum atomic E-state index is 15.2. The lowest BCUT2D eigenvalue weighted by Crippen LogP contribution is -2.45. The Balaban J connectivity index is 1.27. The predicted molar refractivity (Wildman–Crippen MR) is 192 cm³/mol. The van der Waals surface area contributed by atoms with Crippen molar-refractivity contribution < 1.29 is 4.74 Å². The topological polar surface area (TPSA) is 89.9 Å². The number of ether oxygens (including phenoxy) is 1. The molecule has 2 aromatic carbocycles. The Labute approximate surface area is 287 Å². The monoisotopic (exact) mass is 662 g/mol. The number of hydrogen-bond donors (Lipinski definition) is 1. The van der Waals surface area contributed by atoms with E-state index >= 15 is 4.79 Å². The van der Waals surface area contributed by atoms with Crippen molar-refractivity contribution in [2.24, 2.45) is 0 Å². The van der Waals surface area contributed by atoms with E-state index in [9.17, 15) is 4.79 Å². The molecule has 1 saturated heterocycles. The quantitative estimate of drug-likeness (QED) is 0.176. The summed E-state index contributed by atoms with van der Waals surface area (Å²) in [5.41, 5.74) is 7.10. The molecule has 0 bridgehead atoms. The first-order valence-electron chi connectivity index (χ1n) is 17.8. The number of H-pyrrole nitrogens is 1. The van der Waals surface area contributed by atoms with Gasteiger partial charge in [0.15, 0.2) is 5.16 Å². The van der Waals surface area contributed by atoms with E-state index < -0.39 is 0 Å². The Morgan fingerprint density at radius 3 is 2.19 bits per heavy atom. The van der Waals surface area contributed by atoms with Gasteiger partial charge in [-0.25, -0.2) is 9.97 Å². The van der Waals surface area contributed by atoms with Gasteiger partial charge in [-0.2, -0.15) is 0 Å². The van der Waals surface area contributed by atoms with Crippen LogP contribution in [0.15, 0.2) is 63.3 Å². The van der Waals surface area contributed by atoms with E-state index in [2.05, 4.69) is 75.1 Å². The van der Waals surface area contributed by atoms with Gasteiger partial charge < -0.3 is 9.72 Å². The molecule has 7 nitrogen and oxygen atoms in total. The SMILES string of the molecule is CC1(C)CC(n2c(SCc3nc4c(c(=O)[nH]3)C(C)(C)Cc3ccccc3-4)nc3c(c2=O)C2(CCCCCC2)Cc2ccccc2-3)CCO1. The van der Waals surface area contributed by atoms with Crippen molar-refractivity contribution in [1.29, 1.82) is 0 Å². The van der Waals surface area contributed by atoms with Gasteiger partial charge in [0.1, 0.15) is 5.82 Å². The number of nitrogens with one attached hydrogen (secondary N) is 1. The second-order valence-electron chi connectivity index (χ2n) is 15.8. The number of aromatic nitrogens is 4.